The van der Waals surface area contributed by atoms with Crippen molar-refractivity contribution in [3.63, 3.8) is 0 Å². The largest absolute Gasteiger partial charge is 0.378 e. The molecule has 0 saturated heterocycles. The molecule has 4 aromatic rings. The molecule has 1 amide bonds. The zero-order chi connectivity index (χ0) is 26.4. The van der Waals surface area contributed by atoms with Gasteiger partial charge in [-0.1, -0.05) is 72.3 Å². The average molecular weight is 526 g/mol. The number of carbonyl (C=O) groups is 1. The molecule has 1 atom stereocenters. The minimum absolute atomic E-state index is 0.124. The van der Waals surface area contributed by atoms with E-state index in [0.717, 1.165) is 40.8 Å². The van der Waals surface area contributed by atoms with E-state index in [1.807, 2.05) is 55.5 Å². The quantitative estimate of drug-likeness (QED) is 0.380. The molecule has 6 nitrogen and oxygen atoms in total. The number of nitrogens with one attached hydrogen (secondary N) is 1. The topological polar surface area (TPSA) is 86.3 Å². The predicted molar refractivity (Wildman–Crippen MR) is 147 cm³/mol. The van der Waals surface area contributed by atoms with Crippen LogP contribution in [0.5, 0.6) is 0 Å². The van der Waals surface area contributed by atoms with Crippen molar-refractivity contribution in [1.29, 1.82) is 0 Å². The normalized spacial score (nSPS) is 16.6. The van der Waals surface area contributed by atoms with Crippen molar-refractivity contribution in [2.45, 2.75) is 44.2 Å². The van der Waals surface area contributed by atoms with Crippen LogP contribution in [0.3, 0.4) is 0 Å². The van der Waals surface area contributed by atoms with Gasteiger partial charge in [-0.2, -0.15) is 0 Å². The Kier molecular flexibility index (Phi) is 6.17. The van der Waals surface area contributed by atoms with Gasteiger partial charge < -0.3 is 15.0 Å². The zero-order valence-electron chi connectivity index (χ0n) is 21.1. The molecule has 1 unspecified atom stereocenters. The number of halogens is 1. The molecule has 6 rings (SSSR count). The second-order valence-electron chi connectivity index (χ2n) is 10.3. The molecule has 1 fully saturated rings. The smallest absolute Gasteiger partial charge is 0.256 e. The number of carbonyl (C=O) groups excluding carboxylic acids is 1. The number of aliphatic hydroxyl groups is 1. The molecule has 1 aliphatic carbocycles. The minimum Gasteiger partial charge on any atom is -0.378 e. The summed E-state index contributed by atoms with van der Waals surface area (Å²) in [6, 6.07) is 23.2. The standard InChI is InChI=1S/C31H28ClN3O3/c1-19-10-11-21(17-25(19)32)20-6-5-7-22(16-20)27(36)29(38)35-15-12-26-24(18-35)28(37)34-30(33-26)31(13-14-31)23-8-3-2-4-9-23/h2-11,16-17,27,36H,12-15,18H2,1H3,(H,33,34,37). The van der Waals surface area contributed by atoms with Crippen LogP contribution in [0.15, 0.2) is 77.6 Å². The molecule has 1 saturated carbocycles. The van der Waals surface area contributed by atoms with Gasteiger partial charge in [-0.05, 0) is 59.7 Å². The molecule has 7 heteroatoms. The third-order valence-corrected chi connectivity index (χ3v) is 8.26. The Morgan fingerprint density at radius 1 is 1.05 bits per heavy atom. The molecule has 192 valence electrons. The summed E-state index contributed by atoms with van der Waals surface area (Å²) in [5, 5.41) is 11.7. The number of benzene rings is 3. The summed E-state index contributed by atoms with van der Waals surface area (Å²) in [6.07, 6.45) is 1.03. The predicted octanol–water partition coefficient (Wildman–Crippen LogP) is 5.10. The fraction of sp³-hybridized carbons (Fsp3) is 0.258. The van der Waals surface area contributed by atoms with E-state index in [1.54, 1.807) is 17.0 Å². The lowest BCUT2D eigenvalue weighted by Crippen LogP contribution is -2.42. The molecule has 1 aromatic heterocycles. The highest BCUT2D eigenvalue weighted by Gasteiger charge is 2.48. The number of rotatable bonds is 5. The Labute approximate surface area is 225 Å². The lowest BCUT2D eigenvalue weighted by atomic mass is 9.94. The van der Waals surface area contributed by atoms with E-state index in [2.05, 4.69) is 17.1 Å². The van der Waals surface area contributed by atoms with Crippen LogP contribution in [0.1, 0.15) is 52.7 Å². The van der Waals surface area contributed by atoms with Crippen LogP contribution in [-0.4, -0.2) is 32.4 Å². The molecule has 0 bridgehead atoms. The number of aryl methyl sites for hydroxylation is 1. The summed E-state index contributed by atoms with van der Waals surface area (Å²) in [5.74, 6) is 0.279. The van der Waals surface area contributed by atoms with Crippen molar-refractivity contribution in [1.82, 2.24) is 14.9 Å². The van der Waals surface area contributed by atoms with Gasteiger partial charge in [-0.3, -0.25) is 9.59 Å². The Morgan fingerprint density at radius 3 is 2.55 bits per heavy atom. The van der Waals surface area contributed by atoms with Gasteiger partial charge in [-0.25, -0.2) is 4.98 Å². The van der Waals surface area contributed by atoms with Crippen molar-refractivity contribution in [2.75, 3.05) is 6.54 Å². The number of H-pyrrole nitrogens is 1. The van der Waals surface area contributed by atoms with E-state index < -0.39 is 12.0 Å². The molecule has 2 N–H and O–H groups in total. The summed E-state index contributed by atoms with van der Waals surface area (Å²) in [7, 11) is 0. The summed E-state index contributed by atoms with van der Waals surface area (Å²) < 4.78 is 0. The average Bonchev–Trinajstić information content (AvgIpc) is 3.76. The van der Waals surface area contributed by atoms with Crippen molar-refractivity contribution in [3.8, 4) is 11.1 Å². The molecule has 0 spiro atoms. The Bertz CT molecular complexity index is 1590. The van der Waals surface area contributed by atoms with E-state index in [4.69, 9.17) is 16.6 Å². The van der Waals surface area contributed by atoms with Crippen LogP contribution in [0.25, 0.3) is 11.1 Å². The lowest BCUT2D eigenvalue weighted by Gasteiger charge is -2.30. The van der Waals surface area contributed by atoms with E-state index in [9.17, 15) is 14.7 Å². The fourth-order valence-corrected chi connectivity index (χ4v) is 5.54. The van der Waals surface area contributed by atoms with Crippen LogP contribution >= 0.6 is 11.6 Å². The van der Waals surface area contributed by atoms with E-state index in [1.165, 1.54) is 0 Å². The highest BCUT2D eigenvalue weighted by Crippen LogP contribution is 2.52. The highest BCUT2D eigenvalue weighted by atomic mass is 35.5. The van der Waals surface area contributed by atoms with Gasteiger partial charge in [0.2, 0.25) is 0 Å². The molecule has 0 radical (unpaired) electrons. The molecule has 2 heterocycles. The van der Waals surface area contributed by atoms with Gasteiger partial charge >= 0.3 is 0 Å². The number of hydrogen-bond donors (Lipinski definition) is 2. The molecular formula is C31H28ClN3O3. The minimum atomic E-state index is -1.34. The number of aliphatic hydroxyl groups excluding tert-OH is 1. The third-order valence-electron chi connectivity index (χ3n) is 7.85. The van der Waals surface area contributed by atoms with Gasteiger partial charge in [0.15, 0.2) is 6.10 Å². The van der Waals surface area contributed by atoms with Crippen molar-refractivity contribution in [3.05, 3.63) is 122 Å². The van der Waals surface area contributed by atoms with Gasteiger partial charge in [-0.15, -0.1) is 0 Å². The maximum absolute atomic E-state index is 13.3. The monoisotopic (exact) mass is 525 g/mol. The van der Waals surface area contributed by atoms with Gasteiger partial charge in [0.25, 0.3) is 11.5 Å². The summed E-state index contributed by atoms with van der Waals surface area (Å²) in [5.41, 5.74) is 5.20. The van der Waals surface area contributed by atoms with E-state index >= 15 is 0 Å². The number of aromatic nitrogens is 2. The van der Waals surface area contributed by atoms with E-state index in [-0.39, 0.29) is 17.5 Å². The lowest BCUT2D eigenvalue weighted by molar-refractivity contribution is -0.141. The maximum Gasteiger partial charge on any atom is 0.256 e. The summed E-state index contributed by atoms with van der Waals surface area (Å²) in [4.78, 5) is 35.9. The number of aromatic amines is 1. The van der Waals surface area contributed by atoms with Crippen LogP contribution in [0.4, 0.5) is 0 Å². The second kappa shape index (κ2) is 9.53. The Hall–Kier alpha value is -3.74. The van der Waals surface area contributed by atoms with E-state index in [0.29, 0.717) is 34.9 Å². The zero-order valence-corrected chi connectivity index (χ0v) is 21.8. The Morgan fingerprint density at radius 2 is 1.82 bits per heavy atom. The summed E-state index contributed by atoms with van der Waals surface area (Å²) >= 11 is 6.30. The fourth-order valence-electron chi connectivity index (χ4n) is 5.36. The molecule has 3 aromatic carbocycles. The van der Waals surface area contributed by atoms with Crippen molar-refractivity contribution < 1.29 is 9.90 Å². The van der Waals surface area contributed by atoms with Crippen molar-refractivity contribution >= 4 is 17.5 Å². The van der Waals surface area contributed by atoms with Gasteiger partial charge in [0.1, 0.15) is 5.82 Å². The molecular weight excluding hydrogens is 498 g/mol. The van der Waals surface area contributed by atoms with Crippen molar-refractivity contribution in [2.24, 2.45) is 0 Å². The number of fused-ring (bicyclic) bond motifs is 1. The summed E-state index contributed by atoms with van der Waals surface area (Å²) in [6.45, 7) is 2.46. The second-order valence-corrected chi connectivity index (χ2v) is 10.7. The molecule has 2 aliphatic rings. The maximum atomic E-state index is 13.3. The SMILES string of the molecule is Cc1ccc(-c2cccc(C(O)C(=O)N3CCc4nc(C5(c6ccccc6)CC5)[nH]c(=O)c4C3)c2)cc1Cl. The van der Waals surface area contributed by atoms with Crippen LogP contribution in [0, 0.1) is 6.92 Å². The number of nitrogens with zero attached hydrogens (tertiary/aromatic N) is 2. The van der Waals surface area contributed by atoms with Gasteiger partial charge in [0.05, 0.1) is 23.2 Å². The first-order valence-electron chi connectivity index (χ1n) is 12.9. The van der Waals surface area contributed by atoms with Crippen LogP contribution in [-0.2, 0) is 23.2 Å². The molecule has 1 aliphatic heterocycles. The first kappa shape index (κ1) is 24.6. The Balaban J connectivity index is 1.22. The molecule has 38 heavy (non-hydrogen) atoms. The van der Waals surface area contributed by atoms with Crippen LogP contribution < -0.4 is 5.56 Å². The number of amides is 1. The highest BCUT2D eigenvalue weighted by molar-refractivity contribution is 6.31. The number of hydrogen-bond acceptors (Lipinski definition) is 4. The first-order valence-corrected chi connectivity index (χ1v) is 13.2. The third kappa shape index (κ3) is 4.34. The van der Waals surface area contributed by atoms with Gasteiger partial charge in [0, 0.05) is 18.0 Å². The first-order chi connectivity index (χ1) is 18.4. The van der Waals surface area contributed by atoms with Crippen LogP contribution in [0.2, 0.25) is 5.02 Å².